The van der Waals surface area contributed by atoms with E-state index < -0.39 is 6.10 Å². The molecule has 4 nitrogen and oxygen atoms in total. The number of hydrogen-bond acceptors (Lipinski definition) is 3. The molecular weight excluding hydrogens is 302 g/mol. The fraction of sp³-hybridized carbons (Fsp3) is 0.350. The SMILES string of the molecule is CCCOc1ccc(NC(=O)[C@H](C)Oc2cc(C)ccc2C)cc1. The molecule has 2 rings (SSSR count). The molecular formula is C20H25NO3. The van der Waals surface area contributed by atoms with E-state index in [0.717, 1.165) is 34.7 Å². The van der Waals surface area contributed by atoms with Crippen molar-refractivity contribution in [2.75, 3.05) is 11.9 Å². The fourth-order valence-corrected chi connectivity index (χ4v) is 2.18. The van der Waals surface area contributed by atoms with Crippen LogP contribution in [0.2, 0.25) is 0 Å². The van der Waals surface area contributed by atoms with Gasteiger partial charge in [0, 0.05) is 5.69 Å². The minimum Gasteiger partial charge on any atom is -0.494 e. The van der Waals surface area contributed by atoms with Gasteiger partial charge in [0.15, 0.2) is 6.10 Å². The first kappa shape index (κ1) is 17.9. The molecule has 2 aromatic rings. The van der Waals surface area contributed by atoms with Gasteiger partial charge in [-0.25, -0.2) is 0 Å². The Balaban J connectivity index is 1.94. The van der Waals surface area contributed by atoms with E-state index in [4.69, 9.17) is 9.47 Å². The molecule has 0 spiro atoms. The first-order valence-corrected chi connectivity index (χ1v) is 8.27. The molecule has 128 valence electrons. The zero-order valence-electron chi connectivity index (χ0n) is 14.8. The quantitative estimate of drug-likeness (QED) is 0.814. The number of hydrogen-bond donors (Lipinski definition) is 1. The molecule has 0 saturated carbocycles. The van der Waals surface area contributed by atoms with Crippen LogP contribution in [0.4, 0.5) is 5.69 Å². The summed E-state index contributed by atoms with van der Waals surface area (Å²) < 4.78 is 11.3. The van der Waals surface area contributed by atoms with Gasteiger partial charge < -0.3 is 14.8 Å². The molecule has 1 atom stereocenters. The molecule has 0 saturated heterocycles. The van der Waals surface area contributed by atoms with Crippen LogP contribution in [-0.2, 0) is 4.79 Å². The molecule has 1 N–H and O–H groups in total. The normalized spacial score (nSPS) is 11.7. The molecule has 0 bridgehead atoms. The molecule has 1 amide bonds. The van der Waals surface area contributed by atoms with Crippen molar-refractivity contribution in [3.63, 3.8) is 0 Å². The maximum atomic E-state index is 12.3. The van der Waals surface area contributed by atoms with E-state index in [1.807, 2.05) is 56.3 Å². The summed E-state index contributed by atoms with van der Waals surface area (Å²) in [6.45, 7) is 8.46. The minimum absolute atomic E-state index is 0.182. The Morgan fingerprint density at radius 2 is 1.83 bits per heavy atom. The highest BCUT2D eigenvalue weighted by Gasteiger charge is 2.16. The van der Waals surface area contributed by atoms with Crippen LogP contribution in [0.15, 0.2) is 42.5 Å². The summed E-state index contributed by atoms with van der Waals surface area (Å²) in [4.78, 5) is 12.3. The molecule has 0 aliphatic heterocycles. The highest BCUT2D eigenvalue weighted by Crippen LogP contribution is 2.21. The van der Waals surface area contributed by atoms with Gasteiger partial charge >= 0.3 is 0 Å². The standard InChI is InChI=1S/C20H25NO3/c1-5-12-23-18-10-8-17(9-11-18)21-20(22)16(4)24-19-13-14(2)6-7-15(19)3/h6-11,13,16H,5,12H2,1-4H3,(H,21,22)/t16-/m0/s1. The highest BCUT2D eigenvalue weighted by molar-refractivity contribution is 5.94. The summed E-state index contributed by atoms with van der Waals surface area (Å²) >= 11 is 0. The predicted molar refractivity (Wildman–Crippen MR) is 96.9 cm³/mol. The minimum atomic E-state index is -0.582. The largest absolute Gasteiger partial charge is 0.494 e. The number of ether oxygens (including phenoxy) is 2. The maximum Gasteiger partial charge on any atom is 0.265 e. The second-order valence-corrected chi connectivity index (χ2v) is 5.89. The van der Waals surface area contributed by atoms with E-state index in [9.17, 15) is 4.79 Å². The molecule has 2 aromatic carbocycles. The van der Waals surface area contributed by atoms with Gasteiger partial charge in [0.05, 0.1) is 6.61 Å². The first-order valence-electron chi connectivity index (χ1n) is 8.27. The summed E-state index contributed by atoms with van der Waals surface area (Å²) in [6.07, 6.45) is 0.382. The Morgan fingerprint density at radius 3 is 2.50 bits per heavy atom. The molecule has 0 aliphatic rings. The van der Waals surface area contributed by atoms with Crippen molar-refractivity contribution in [3.8, 4) is 11.5 Å². The third-order valence-electron chi connectivity index (χ3n) is 3.61. The third-order valence-corrected chi connectivity index (χ3v) is 3.61. The Labute approximate surface area is 143 Å². The summed E-state index contributed by atoms with van der Waals surface area (Å²) in [5.41, 5.74) is 2.84. The summed E-state index contributed by atoms with van der Waals surface area (Å²) in [6, 6.07) is 13.3. The van der Waals surface area contributed by atoms with Crippen LogP contribution in [0.3, 0.4) is 0 Å². The topological polar surface area (TPSA) is 47.6 Å². The van der Waals surface area contributed by atoms with Gasteiger partial charge in [-0.1, -0.05) is 19.1 Å². The van der Waals surface area contributed by atoms with E-state index >= 15 is 0 Å². The van der Waals surface area contributed by atoms with Crippen LogP contribution in [-0.4, -0.2) is 18.6 Å². The van der Waals surface area contributed by atoms with Crippen molar-refractivity contribution in [1.29, 1.82) is 0 Å². The van der Waals surface area contributed by atoms with E-state index in [2.05, 4.69) is 12.2 Å². The third kappa shape index (κ3) is 5.01. The Kier molecular flexibility index (Phi) is 6.24. The van der Waals surface area contributed by atoms with E-state index in [1.54, 1.807) is 6.92 Å². The van der Waals surface area contributed by atoms with Crippen molar-refractivity contribution in [3.05, 3.63) is 53.6 Å². The van der Waals surface area contributed by atoms with Crippen LogP contribution in [0.25, 0.3) is 0 Å². The number of carbonyl (C=O) groups is 1. The molecule has 0 radical (unpaired) electrons. The number of nitrogens with one attached hydrogen (secondary N) is 1. The first-order chi connectivity index (χ1) is 11.5. The van der Waals surface area contributed by atoms with Gasteiger partial charge in [0.1, 0.15) is 11.5 Å². The molecule has 0 fully saturated rings. The molecule has 4 heteroatoms. The second kappa shape index (κ2) is 8.39. The fourth-order valence-electron chi connectivity index (χ4n) is 2.18. The lowest BCUT2D eigenvalue weighted by Crippen LogP contribution is -2.30. The smallest absolute Gasteiger partial charge is 0.265 e. The van der Waals surface area contributed by atoms with E-state index in [0.29, 0.717) is 6.61 Å². The van der Waals surface area contributed by atoms with E-state index in [-0.39, 0.29) is 5.91 Å². The molecule has 0 unspecified atom stereocenters. The number of benzene rings is 2. The van der Waals surface area contributed by atoms with Gasteiger partial charge in [-0.15, -0.1) is 0 Å². The van der Waals surface area contributed by atoms with Gasteiger partial charge in [0.25, 0.3) is 5.91 Å². The highest BCUT2D eigenvalue weighted by atomic mass is 16.5. The second-order valence-electron chi connectivity index (χ2n) is 5.89. The Bertz CT molecular complexity index is 680. The molecule has 24 heavy (non-hydrogen) atoms. The Morgan fingerprint density at radius 1 is 1.12 bits per heavy atom. The lowest BCUT2D eigenvalue weighted by atomic mass is 10.1. The summed E-state index contributed by atoms with van der Waals surface area (Å²) in [7, 11) is 0. The van der Waals surface area contributed by atoms with Gasteiger partial charge in [-0.2, -0.15) is 0 Å². The lowest BCUT2D eigenvalue weighted by molar-refractivity contribution is -0.122. The van der Waals surface area contributed by atoms with Gasteiger partial charge in [-0.05, 0) is 68.7 Å². The molecule has 0 aromatic heterocycles. The van der Waals surface area contributed by atoms with Gasteiger partial charge in [0.2, 0.25) is 0 Å². The van der Waals surface area contributed by atoms with Crippen LogP contribution in [0, 0.1) is 13.8 Å². The zero-order chi connectivity index (χ0) is 17.5. The van der Waals surface area contributed by atoms with Crippen LogP contribution in [0.1, 0.15) is 31.4 Å². The van der Waals surface area contributed by atoms with Gasteiger partial charge in [-0.3, -0.25) is 4.79 Å². The number of rotatable bonds is 7. The monoisotopic (exact) mass is 327 g/mol. The Hall–Kier alpha value is -2.49. The van der Waals surface area contributed by atoms with Crippen molar-refractivity contribution >= 4 is 11.6 Å². The lowest BCUT2D eigenvalue weighted by Gasteiger charge is -2.17. The maximum absolute atomic E-state index is 12.3. The number of carbonyl (C=O) groups excluding carboxylic acids is 1. The average molecular weight is 327 g/mol. The van der Waals surface area contributed by atoms with Crippen LogP contribution in [0.5, 0.6) is 11.5 Å². The molecule has 0 aliphatic carbocycles. The predicted octanol–water partition coefficient (Wildman–Crippen LogP) is 4.50. The average Bonchev–Trinajstić information content (AvgIpc) is 2.57. The van der Waals surface area contributed by atoms with Crippen LogP contribution < -0.4 is 14.8 Å². The van der Waals surface area contributed by atoms with E-state index in [1.165, 1.54) is 0 Å². The van der Waals surface area contributed by atoms with Crippen molar-refractivity contribution in [2.24, 2.45) is 0 Å². The zero-order valence-corrected chi connectivity index (χ0v) is 14.8. The van der Waals surface area contributed by atoms with Crippen LogP contribution >= 0.6 is 0 Å². The molecule has 0 heterocycles. The van der Waals surface area contributed by atoms with Crippen molar-refractivity contribution in [2.45, 2.75) is 40.2 Å². The number of amides is 1. The number of aryl methyl sites for hydroxylation is 2. The van der Waals surface area contributed by atoms with Crippen molar-refractivity contribution < 1.29 is 14.3 Å². The van der Waals surface area contributed by atoms with Crippen molar-refractivity contribution in [1.82, 2.24) is 0 Å². The summed E-state index contributed by atoms with van der Waals surface area (Å²) in [5.74, 6) is 1.36. The number of anilines is 1. The summed E-state index contributed by atoms with van der Waals surface area (Å²) in [5, 5.41) is 2.86.